The summed E-state index contributed by atoms with van der Waals surface area (Å²) < 4.78 is 3.78. The van der Waals surface area contributed by atoms with Crippen molar-refractivity contribution in [3.8, 4) is 22.5 Å². The van der Waals surface area contributed by atoms with Crippen molar-refractivity contribution in [2.24, 2.45) is 5.92 Å². The maximum atomic E-state index is 13.1. The highest BCUT2D eigenvalue weighted by Gasteiger charge is 2.14. The summed E-state index contributed by atoms with van der Waals surface area (Å²) in [5, 5.41) is 14.3. The summed E-state index contributed by atoms with van der Waals surface area (Å²) >= 11 is 0. The molecule has 8 nitrogen and oxygen atoms in total. The number of H-pyrrole nitrogens is 1. The molecule has 1 N–H and O–H groups in total. The smallest absolute Gasteiger partial charge is 0.299 e. The molecule has 0 bridgehead atoms. The van der Waals surface area contributed by atoms with Crippen LogP contribution in [0, 0.1) is 5.92 Å². The monoisotopic (exact) mass is 431 g/mol. The van der Waals surface area contributed by atoms with Crippen LogP contribution in [-0.4, -0.2) is 34.7 Å². The van der Waals surface area contributed by atoms with E-state index in [4.69, 9.17) is 0 Å². The van der Waals surface area contributed by atoms with E-state index in [1.54, 1.807) is 12.4 Å². The molecule has 1 aromatic carbocycles. The van der Waals surface area contributed by atoms with E-state index in [1.807, 2.05) is 21.4 Å². The lowest BCUT2D eigenvalue weighted by Crippen LogP contribution is -2.26. The van der Waals surface area contributed by atoms with Gasteiger partial charge in [-0.25, -0.2) is 4.79 Å². The number of aromatic nitrogens is 7. The number of rotatable bonds is 9. The Kier molecular flexibility index (Phi) is 6.58. The van der Waals surface area contributed by atoms with Crippen LogP contribution in [0.1, 0.15) is 44.9 Å². The molecule has 4 aromatic rings. The minimum atomic E-state index is 0.0717. The van der Waals surface area contributed by atoms with Gasteiger partial charge < -0.3 is 0 Å². The Balaban J connectivity index is 1.62. The molecule has 0 amide bonds. The quantitative estimate of drug-likeness (QED) is 0.433. The van der Waals surface area contributed by atoms with E-state index in [0.29, 0.717) is 18.3 Å². The fourth-order valence-electron chi connectivity index (χ4n) is 3.91. The molecule has 8 heteroatoms. The van der Waals surface area contributed by atoms with E-state index in [0.717, 1.165) is 53.8 Å². The van der Waals surface area contributed by atoms with Crippen LogP contribution < -0.4 is 5.69 Å². The number of nitrogens with zero attached hydrogens (tertiary/aromatic N) is 6. The van der Waals surface area contributed by atoms with Crippen molar-refractivity contribution in [1.82, 2.24) is 34.7 Å². The summed E-state index contributed by atoms with van der Waals surface area (Å²) in [5.74, 6) is 0.936. The topological polar surface area (TPSA) is 94.3 Å². The summed E-state index contributed by atoms with van der Waals surface area (Å²) in [4.78, 5) is 17.3. The maximum absolute atomic E-state index is 13.1. The zero-order valence-electron chi connectivity index (χ0n) is 18.8. The minimum Gasteiger partial charge on any atom is -0.299 e. The van der Waals surface area contributed by atoms with Crippen LogP contribution in [0.25, 0.3) is 22.5 Å². The van der Waals surface area contributed by atoms with Crippen LogP contribution in [0.4, 0.5) is 0 Å². The van der Waals surface area contributed by atoms with Crippen molar-refractivity contribution in [1.29, 1.82) is 0 Å². The predicted octanol–water partition coefficient (Wildman–Crippen LogP) is 3.94. The number of tetrazole rings is 1. The number of imidazole rings is 1. The third-order valence-electron chi connectivity index (χ3n) is 5.49. The van der Waals surface area contributed by atoms with Gasteiger partial charge in [0.05, 0.1) is 6.54 Å². The van der Waals surface area contributed by atoms with Crippen LogP contribution >= 0.6 is 0 Å². The maximum Gasteiger partial charge on any atom is 0.328 e. The fourth-order valence-corrected chi connectivity index (χ4v) is 3.91. The molecule has 0 aliphatic rings. The molecule has 0 aliphatic heterocycles. The molecule has 32 heavy (non-hydrogen) atoms. The number of aryl methyl sites for hydroxylation is 1. The Morgan fingerprint density at radius 3 is 2.59 bits per heavy atom. The Labute approximate surface area is 187 Å². The number of aromatic amines is 1. The highest BCUT2D eigenvalue weighted by molar-refractivity contribution is 5.79. The first kappa shape index (κ1) is 21.7. The average molecular weight is 432 g/mol. The van der Waals surface area contributed by atoms with Crippen LogP contribution in [0.2, 0.25) is 0 Å². The van der Waals surface area contributed by atoms with Crippen LogP contribution in [0.3, 0.4) is 0 Å². The van der Waals surface area contributed by atoms with Gasteiger partial charge in [-0.1, -0.05) is 51.5 Å². The van der Waals surface area contributed by atoms with Crippen molar-refractivity contribution in [3.63, 3.8) is 0 Å². The highest BCUT2D eigenvalue weighted by atomic mass is 16.1. The number of hydrogen-bond acceptors (Lipinski definition) is 5. The number of benzene rings is 1. The third-order valence-corrected chi connectivity index (χ3v) is 5.49. The Morgan fingerprint density at radius 1 is 1.09 bits per heavy atom. The summed E-state index contributed by atoms with van der Waals surface area (Å²) in [6, 6.07) is 10.2. The molecule has 0 spiro atoms. The number of hydrogen-bond donors (Lipinski definition) is 1. The summed E-state index contributed by atoms with van der Waals surface area (Å²) in [5.41, 5.74) is 5.10. The van der Waals surface area contributed by atoms with Gasteiger partial charge in [0.1, 0.15) is 0 Å². The van der Waals surface area contributed by atoms with Gasteiger partial charge in [-0.15, -0.1) is 10.2 Å². The number of unbranched alkanes of at least 4 members (excludes halogenated alkanes) is 1. The molecule has 3 aromatic heterocycles. The van der Waals surface area contributed by atoms with E-state index in [9.17, 15) is 4.79 Å². The lowest BCUT2D eigenvalue weighted by molar-refractivity contribution is 0.503. The molecule has 0 atom stereocenters. The van der Waals surface area contributed by atoms with Crippen molar-refractivity contribution < 1.29 is 0 Å². The molecule has 0 unspecified atom stereocenters. The van der Waals surface area contributed by atoms with Gasteiger partial charge in [0, 0.05) is 36.4 Å². The second-order valence-corrected chi connectivity index (χ2v) is 8.49. The summed E-state index contributed by atoms with van der Waals surface area (Å²) in [6.45, 7) is 7.75. The molecule has 4 rings (SSSR count). The van der Waals surface area contributed by atoms with Crippen molar-refractivity contribution >= 4 is 0 Å². The Hall–Kier alpha value is -3.55. The SMILES string of the molecule is CCCCc1cn(CC(C)C)c(=O)n1Cc1ccc(-c2ccncc2-c2nn[nH]n2)cc1. The normalized spacial score (nSPS) is 11.4. The van der Waals surface area contributed by atoms with E-state index >= 15 is 0 Å². The highest BCUT2D eigenvalue weighted by Crippen LogP contribution is 2.29. The lowest BCUT2D eigenvalue weighted by Gasteiger charge is -2.10. The van der Waals surface area contributed by atoms with Crippen LogP contribution in [0.5, 0.6) is 0 Å². The minimum absolute atomic E-state index is 0.0717. The molecule has 3 heterocycles. The average Bonchev–Trinajstić information content (AvgIpc) is 3.43. The molecule has 0 aliphatic carbocycles. The Bertz CT molecular complexity index is 1200. The van der Waals surface area contributed by atoms with Crippen molar-refractivity contribution in [3.05, 3.63) is 70.7 Å². The molecule has 0 radical (unpaired) electrons. The van der Waals surface area contributed by atoms with Crippen LogP contribution in [-0.2, 0) is 19.5 Å². The van der Waals surface area contributed by atoms with Gasteiger partial charge in [0.25, 0.3) is 0 Å². The zero-order valence-corrected chi connectivity index (χ0v) is 18.8. The zero-order chi connectivity index (χ0) is 22.5. The second-order valence-electron chi connectivity index (χ2n) is 8.49. The first-order valence-electron chi connectivity index (χ1n) is 11.1. The molecular weight excluding hydrogens is 402 g/mol. The van der Waals surface area contributed by atoms with E-state index in [-0.39, 0.29) is 5.69 Å². The van der Waals surface area contributed by atoms with Gasteiger partial charge >= 0.3 is 5.69 Å². The van der Waals surface area contributed by atoms with Crippen LogP contribution in [0.15, 0.2) is 53.7 Å². The molecule has 0 saturated carbocycles. The lowest BCUT2D eigenvalue weighted by atomic mass is 10.00. The van der Waals surface area contributed by atoms with E-state index in [1.165, 1.54) is 0 Å². The molecule has 0 saturated heterocycles. The molecule has 0 fully saturated rings. The number of pyridine rings is 1. The van der Waals surface area contributed by atoms with Gasteiger partial charge in [-0.2, -0.15) is 5.21 Å². The molecular formula is C24H29N7O. The van der Waals surface area contributed by atoms with Gasteiger partial charge in [-0.05, 0) is 46.7 Å². The first-order valence-corrected chi connectivity index (χ1v) is 11.1. The van der Waals surface area contributed by atoms with E-state index in [2.05, 4.69) is 70.6 Å². The summed E-state index contributed by atoms with van der Waals surface area (Å²) in [6.07, 6.45) is 8.63. The predicted molar refractivity (Wildman–Crippen MR) is 124 cm³/mol. The first-order chi connectivity index (χ1) is 15.6. The largest absolute Gasteiger partial charge is 0.328 e. The van der Waals surface area contributed by atoms with Crippen molar-refractivity contribution in [2.75, 3.05) is 0 Å². The van der Waals surface area contributed by atoms with Gasteiger partial charge in [0.2, 0.25) is 5.82 Å². The van der Waals surface area contributed by atoms with Crippen molar-refractivity contribution in [2.45, 2.75) is 53.1 Å². The Morgan fingerprint density at radius 2 is 1.91 bits per heavy atom. The van der Waals surface area contributed by atoms with Gasteiger partial charge in [0.15, 0.2) is 0 Å². The molecule has 166 valence electrons. The third kappa shape index (κ3) is 4.69. The number of nitrogens with one attached hydrogen (secondary N) is 1. The second kappa shape index (κ2) is 9.72. The van der Waals surface area contributed by atoms with E-state index < -0.39 is 0 Å². The fraction of sp³-hybridized carbons (Fsp3) is 0.375. The van der Waals surface area contributed by atoms with Gasteiger partial charge in [-0.3, -0.25) is 14.1 Å². The standard InChI is InChI=1S/C24H29N7O/c1-4-5-6-20-16-30(14-17(2)3)24(32)31(20)15-18-7-9-19(10-8-18)21-11-12-25-13-22(21)23-26-28-29-27-23/h7-13,16-17H,4-6,14-15H2,1-3H3,(H,26,27,28,29). The summed E-state index contributed by atoms with van der Waals surface area (Å²) in [7, 11) is 0.